The molecule has 140 valence electrons. The molecule has 0 saturated carbocycles. The molecule has 1 aromatic carbocycles. The highest BCUT2D eigenvalue weighted by atomic mass is 79.9. The Morgan fingerprint density at radius 2 is 2.26 bits per heavy atom. The molecular weight excluding hydrogens is 444 g/mol. The number of nitrogens with zero attached hydrogens (tertiary/aromatic N) is 1. The first-order valence-electron chi connectivity index (χ1n) is 8.66. The van der Waals surface area contributed by atoms with E-state index < -0.39 is 0 Å². The maximum absolute atomic E-state index is 12.4. The van der Waals surface area contributed by atoms with Gasteiger partial charge in [0, 0.05) is 0 Å². The number of nitrogens with one attached hydrogen (secondary N) is 1. The van der Waals surface area contributed by atoms with E-state index in [1.54, 1.807) is 0 Å². The molecule has 2 aromatic rings. The Morgan fingerprint density at radius 3 is 2.96 bits per heavy atom. The molecule has 0 aliphatic heterocycles. The lowest BCUT2D eigenvalue weighted by Gasteiger charge is -2.23. The SMILES string of the molecule is Cc1ccc(OCC(=O)Nc2sc(=S)c3c(c2C#N)CCC(C)C3)c(Br)c1. The van der Waals surface area contributed by atoms with Gasteiger partial charge in [0.15, 0.2) is 6.61 Å². The van der Waals surface area contributed by atoms with Crippen LogP contribution in [0.3, 0.4) is 0 Å². The van der Waals surface area contributed by atoms with Gasteiger partial charge >= 0.3 is 0 Å². The highest BCUT2D eigenvalue weighted by molar-refractivity contribution is 9.10. The summed E-state index contributed by atoms with van der Waals surface area (Å²) in [5, 5.41) is 13.0. The Kier molecular flexibility index (Phi) is 6.30. The largest absolute Gasteiger partial charge is 0.483 e. The first-order chi connectivity index (χ1) is 12.9. The quantitative estimate of drug-likeness (QED) is 0.603. The number of hydrogen-bond acceptors (Lipinski definition) is 5. The van der Waals surface area contributed by atoms with E-state index in [1.807, 2.05) is 25.1 Å². The third-order valence-corrected chi connectivity index (χ3v) is 6.64. The fourth-order valence-electron chi connectivity index (χ4n) is 3.18. The van der Waals surface area contributed by atoms with Crippen LogP contribution in [-0.4, -0.2) is 12.5 Å². The van der Waals surface area contributed by atoms with E-state index in [-0.39, 0.29) is 12.5 Å². The van der Waals surface area contributed by atoms with E-state index in [0.29, 0.717) is 22.2 Å². The van der Waals surface area contributed by atoms with E-state index >= 15 is 0 Å². The second kappa shape index (κ2) is 8.51. The van der Waals surface area contributed by atoms with Crippen molar-refractivity contribution in [3.8, 4) is 11.8 Å². The van der Waals surface area contributed by atoms with E-state index in [1.165, 1.54) is 11.3 Å². The minimum atomic E-state index is -0.311. The molecule has 0 radical (unpaired) electrons. The molecule has 0 saturated heterocycles. The van der Waals surface area contributed by atoms with E-state index in [0.717, 1.165) is 44.2 Å². The van der Waals surface area contributed by atoms with Gasteiger partial charge in [-0.05, 0) is 76.9 Å². The first-order valence-corrected chi connectivity index (χ1v) is 10.7. The Labute approximate surface area is 176 Å². The van der Waals surface area contributed by atoms with Crippen molar-refractivity contribution < 1.29 is 9.53 Å². The second-order valence-electron chi connectivity index (χ2n) is 6.78. The van der Waals surface area contributed by atoms with Crippen LogP contribution in [0.25, 0.3) is 0 Å². The number of nitriles is 1. The molecule has 1 atom stereocenters. The molecular formula is C20H19BrN2O2S2. The number of carbonyl (C=O) groups is 1. The van der Waals surface area contributed by atoms with Crippen LogP contribution in [0.5, 0.6) is 5.75 Å². The van der Waals surface area contributed by atoms with Crippen molar-refractivity contribution in [1.82, 2.24) is 0 Å². The van der Waals surface area contributed by atoms with Crippen LogP contribution in [0.15, 0.2) is 22.7 Å². The Hall–Kier alpha value is -1.75. The maximum atomic E-state index is 12.4. The fraction of sp³-hybridized carbons (Fsp3) is 0.350. The number of aryl methyl sites for hydroxylation is 1. The number of hydrogen-bond donors (Lipinski definition) is 1. The number of carbonyl (C=O) groups excluding carboxylic acids is 1. The predicted molar refractivity (Wildman–Crippen MR) is 114 cm³/mol. The topological polar surface area (TPSA) is 62.1 Å². The van der Waals surface area contributed by atoms with Gasteiger partial charge in [-0.15, -0.1) is 11.3 Å². The standard InChI is InChI=1S/C20H19BrN2O2S2/c1-11-3-5-13-14(7-11)20(26)27-19(15(13)9-22)23-18(24)10-25-17-6-4-12(2)8-16(17)21/h4,6,8,11H,3,5,7,10H2,1-2H3,(H,23,24). The average molecular weight is 463 g/mol. The zero-order valence-electron chi connectivity index (χ0n) is 15.1. The molecule has 0 fully saturated rings. The van der Waals surface area contributed by atoms with Crippen LogP contribution in [0.2, 0.25) is 0 Å². The van der Waals surface area contributed by atoms with Crippen molar-refractivity contribution >= 4 is 50.4 Å². The summed E-state index contributed by atoms with van der Waals surface area (Å²) in [4.78, 5) is 12.4. The van der Waals surface area contributed by atoms with E-state index in [2.05, 4.69) is 34.2 Å². The maximum Gasteiger partial charge on any atom is 0.262 e. The zero-order valence-corrected chi connectivity index (χ0v) is 18.3. The van der Waals surface area contributed by atoms with Gasteiger partial charge in [0.25, 0.3) is 5.91 Å². The summed E-state index contributed by atoms with van der Waals surface area (Å²) in [6.07, 6.45) is 2.76. The molecule has 1 aliphatic carbocycles. The Bertz CT molecular complexity index is 995. The van der Waals surface area contributed by atoms with E-state index in [9.17, 15) is 10.1 Å². The van der Waals surface area contributed by atoms with Crippen LogP contribution < -0.4 is 10.1 Å². The molecule has 1 unspecified atom stereocenters. The molecule has 0 spiro atoms. The van der Waals surface area contributed by atoms with Crippen molar-refractivity contribution in [3.05, 3.63) is 48.7 Å². The van der Waals surface area contributed by atoms with Crippen LogP contribution in [-0.2, 0) is 17.6 Å². The summed E-state index contributed by atoms with van der Waals surface area (Å²) in [5.41, 5.74) is 3.74. The number of ether oxygens (including phenoxy) is 1. The number of benzene rings is 1. The predicted octanol–water partition coefficient (Wildman–Crippen LogP) is 5.56. The zero-order chi connectivity index (χ0) is 19.6. The number of anilines is 1. The summed E-state index contributed by atoms with van der Waals surface area (Å²) < 4.78 is 7.15. The van der Waals surface area contributed by atoms with Crippen molar-refractivity contribution in [1.29, 1.82) is 5.26 Å². The molecule has 1 heterocycles. The lowest BCUT2D eigenvalue weighted by molar-refractivity contribution is -0.118. The minimum Gasteiger partial charge on any atom is -0.483 e. The lowest BCUT2D eigenvalue weighted by Crippen LogP contribution is -2.21. The second-order valence-corrected chi connectivity index (χ2v) is 9.32. The fourth-order valence-corrected chi connectivity index (χ4v) is 5.19. The molecule has 4 nitrogen and oxygen atoms in total. The van der Waals surface area contributed by atoms with E-state index in [4.69, 9.17) is 17.0 Å². The molecule has 7 heteroatoms. The number of rotatable bonds is 4. The summed E-state index contributed by atoms with van der Waals surface area (Å²) in [6, 6.07) is 7.92. The number of fused-ring (bicyclic) bond motifs is 1. The molecule has 27 heavy (non-hydrogen) atoms. The van der Waals surface area contributed by atoms with Gasteiger partial charge in [-0.25, -0.2) is 0 Å². The summed E-state index contributed by atoms with van der Waals surface area (Å²) in [5.74, 6) is 0.858. The van der Waals surface area contributed by atoms with Gasteiger partial charge in [-0.3, -0.25) is 4.79 Å². The molecule has 1 amide bonds. The van der Waals surface area contributed by atoms with Crippen LogP contribution in [0, 0.1) is 28.0 Å². The molecule has 1 aromatic heterocycles. The lowest BCUT2D eigenvalue weighted by atomic mass is 9.85. The molecule has 3 rings (SSSR count). The smallest absolute Gasteiger partial charge is 0.262 e. The van der Waals surface area contributed by atoms with Gasteiger partial charge in [0.05, 0.1) is 13.9 Å². The van der Waals surface area contributed by atoms with Gasteiger partial charge in [0.1, 0.15) is 16.8 Å². The van der Waals surface area contributed by atoms with Crippen molar-refractivity contribution in [2.45, 2.75) is 33.1 Å². The Morgan fingerprint density at radius 1 is 1.48 bits per heavy atom. The van der Waals surface area contributed by atoms with Gasteiger partial charge in [0.2, 0.25) is 0 Å². The molecule has 0 bridgehead atoms. The van der Waals surface area contributed by atoms with Gasteiger partial charge in [-0.1, -0.05) is 25.2 Å². The monoisotopic (exact) mass is 462 g/mol. The van der Waals surface area contributed by atoms with Crippen LogP contribution in [0.4, 0.5) is 5.00 Å². The van der Waals surface area contributed by atoms with Crippen LogP contribution >= 0.6 is 39.5 Å². The van der Waals surface area contributed by atoms with Crippen LogP contribution in [0.1, 0.15) is 35.6 Å². The summed E-state index contributed by atoms with van der Waals surface area (Å²) in [7, 11) is 0. The molecule has 1 aliphatic rings. The minimum absolute atomic E-state index is 0.139. The Balaban J connectivity index is 1.77. The third-order valence-electron chi connectivity index (χ3n) is 4.58. The average Bonchev–Trinajstić information content (AvgIpc) is 2.62. The van der Waals surface area contributed by atoms with Crippen molar-refractivity contribution in [2.24, 2.45) is 5.92 Å². The van der Waals surface area contributed by atoms with Crippen molar-refractivity contribution in [2.75, 3.05) is 11.9 Å². The number of halogens is 1. The highest BCUT2D eigenvalue weighted by Gasteiger charge is 2.23. The normalized spacial score (nSPS) is 15.6. The molecule has 1 N–H and O–H groups in total. The third kappa shape index (κ3) is 4.57. The van der Waals surface area contributed by atoms with Gasteiger partial charge in [-0.2, -0.15) is 5.26 Å². The summed E-state index contributed by atoms with van der Waals surface area (Å²) in [6.45, 7) is 4.04. The van der Waals surface area contributed by atoms with Gasteiger partial charge < -0.3 is 10.1 Å². The number of amides is 1. The highest BCUT2D eigenvalue weighted by Crippen LogP contribution is 2.36. The van der Waals surface area contributed by atoms with Crippen molar-refractivity contribution in [3.63, 3.8) is 0 Å². The summed E-state index contributed by atoms with van der Waals surface area (Å²) >= 11 is 10.3. The first kappa shape index (κ1) is 20.0.